The molecule has 0 unspecified atom stereocenters. The van der Waals surface area contributed by atoms with Crippen molar-refractivity contribution in [3.05, 3.63) is 29.8 Å². The summed E-state index contributed by atoms with van der Waals surface area (Å²) in [5.41, 5.74) is -0.669. The highest BCUT2D eigenvalue weighted by Gasteiger charge is 2.22. The number of rotatable bonds is 7. The van der Waals surface area contributed by atoms with Gasteiger partial charge in [-0.2, -0.15) is 5.26 Å². The Morgan fingerprint density at radius 3 is 2.48 bits per heavy atom. The van der Waals surface area contributed by atoms with E-state index in [0.29, 0.717) is 19.3 Å². The van der Waals surface area contributed by atoms with Crippen LogP contribution in [-0.2, 0) is 9.84 Å². The van der Waals surface area contributed by atoms with E-state index in [1.54, 1.807) is 13.8 Å². The van der Waals surface area contributed by atoms with Crippen molar-refractivity contribution in [2.45, 2.75) is 38.0 Å². The maximum Gasteiger partial charge on any atom is 0.337 e. The van der Waals surface area contributed by atoms with Crippen LogP contribution in [0.5, 0.6) is 0 Å². The molecule has 0 fully saturated rings. The normalized spacial score (nSPS) is 11.9. The van der Waals surface area contributed by atoms with Crippen LogP contribution in [0.4, 0.5) is 0 Å². The lowest BCUT2D eigenvalue weighted by Crippen LogP contribution is -2.13. The van der Waals surface area contributed by atoms with Crippen molar-refractivity contribution < 1.29 is 18.3 Å². The molecule has 0 atom stereocenters. The summed E-state index contributed by atoms with van der Waals surface area (Å²) in [6, 6.07) is 7.78. The lowest BCUT2D eigenvalue weighted by atomic mass is 9.89. The van der Waals surface area contributed by atoms with E-state index in [9.17, 15) is 13.2 Å². The van der Waals surface area contributed by atoms with Crippen LogP contribution in [0.25, 0.3) is 0 Å². The van der Waals surface area contributed by atoms with Gasteiger partial charge >= 0.3 is 5.97 Å². The molecule has 1 rings (SSSR count). The van der Waals surface area contributed by atoms with Gasteiger partial charge in [0.25, 0.3) is 0 Å². The van der Waals surface area contributed by atoms with Crippen molar-refractivity contribution in [3.8, 4) is 6.07 Å². The molecule has 0 saturated heterocycles. The molecule has 0 radical (unpaired) electrons. The van der Waals surface area contributed by atoms with Gasteiger partial charge in [-0.3, -0.25) is 0 Å². The van der Waals surface area contributed by atoms with E-state index in [0.717, 1.165) is 0 Å². The van der Waals surface area contributed by atoms with Gasteiger partial charge < -0.3 is 5.11 Å². The van der Waals surface area contributed by atoms with Crippen LogP contribution in [-0.4, -0.2) is 25.2 Å². The van der Waals surface area contributed by atoms with Gasteiger partial charge in [-0.25, -0.2) is 13.2 Å². The smallest absolute Gasteiger partial charge is 0.337 e. The van der Waals surface area contributed by atoms with Gasteiger partial charge in [0.05, 0.1) is 27.7 Å². The molecule has 1 aromatic rings. The summed E-state index contributed by atoms with van der Waals surface area (Å²) in [6.45, 7) is 3.61. The topological polar surface area (TPSA) is 95.2 Å². The van der Waals surface area contributed by atoms with Crippen LogP contribution in [0.2, 0.25) is 0 Å². The first-order valence-electron chi connectivity index (χ1n) is 6.66. The molecule has 0 heterocycles. The SMILES string of the molecule is CC(C)(C#N)CCCCS(=O)(=O)c1ccccc1C(=O)O. The van der Waals surface area contributed by atoms with Gasteiger partial charge in [-0.1, -0.05) is 18.6 Å². The molecule has 6 heteroatoms. The molecule has 0 saturated carbocycles. The Labute approximate surface area is 125 Å². The second kappa shape index (κ2) is 6.72. The molecular weight excluding hydrogens is 290 g/mol. The van der Waals surface area contributed by atoms with Crippen molar-refractivity contribution in [1.29, 1.82) is 5.26 Å². The highest BCUT2D eigenvalue weighted by molar-refractivity contribution is 7.91. The molecule has 0 aliphatic rings. The van der Waals surface area contributed by atoms with Crippen LogP contribution >= 0.6 is 0 Å². The average Bonchev–Trinajstić information content (AvgIpc) is 2.43. The van der Waals surface area contributed by atoms with Gasteiger partial charge in [0.2, 0.25) is 0 Å². The summed E-state index contributed by atoms with van der Waals surface area (Å²) in [7, 11) is -3.62. The van der Waals surface area contributed by atoms with Crippen molar-refractivity contribution >= 4 is 15.8 Å². The highest BCUT2D eigenvalue weighted by atomic mass is 32.2. The fourth-order valence-corrected chi connectivity index (χ4v) is 3.52. The van der Waals surface area contributed by atoms with Crippen molar-refractivity contribution in [2.24, 2.45) is 5.41 Å². The zero-order valence-corrected chi connectivity index (χ0v) is 13.0. The molecule has 5 nitrogen and oxygen atoms in total. The Hall–Kier alpha value is -1.87. The molecular formula is C15H19NO4S. The standard InChI is InChI=1S/C15H19NO4S/c1-15(2,11-16)9-5-6-10-21(19,20)13-8-4-3-7-12(13)14(17)18/h3-4,7-8H,5-6,9-10H2,1-2H3,(H,17,18). The Morgan fingerprint density at radius 1 is 1.29 bits per heavy atom. The van der Waals surface area contributed by atoms with E-state index in [1.165, 1.54) is 24.3 Å². The Balaban J connectivity index is 2.76. The molecule has 0 amide bonds. The Kier molecular flexibility index (Phi) is 5.50. The van der Waals surface area contributed by atoms with Gasteiger partial charge in [-0.05, 0) is 38.8 Å². The summed E-state index contributed by atoms with van der Waals surface area (Å²) < 4.78 is 24.4. The third-order valence-corrected chi connectivity index (χ3v) is 5.07. The van der Waals surface area contributed by atoms with E-state index in [1.807, 2.05) is 0 Å². The number of carbonyl (C=O) groups is 1. The molecule has 0 aliphatic heterocycles. The first-order valence-corrected chi connectivity index (χ1v) is 8.31. The van der Waals surface area contributed by atoms with Gasteiger partial charge in [0.1, 0.15) is 0 Å². The number of nitriles is 1. The lowest BCUT2D eigenvalue weighted by molar-refractivity contribution is 0.0692. The van der Waals surface area contributed by atoms with Gasteiger partial charge in [0.15, 0.2) is 9.84 Å². The van der Waals surface area contributed by atoms with E-state index in [2.05, 4.69) is 6.07 Å². The van der Waals surface area contributed by atoms with E-state index in [4.69, 9.17) is 10.4 Å². The zero-order valence-electron chi connectivity index (χ0n) is 12.2. The highest BCUT2D eigenvalue weighted by Crippen LogP contribution is 2.23. The predicted molar refractivity (Wildman–Crippen MR) is 78.7 cm³/mol. The number of sulfone groups is 1. The molecule has 114 valence electrons. The van der Waals surface area contributed by atoms with Crippen molar-refractivity contribution in [1.82, 2.24) is 0 Å². The first-order chi connectivity index (χ1) is 9.69. The van der Waals surface area contributed by atoms with Crippen LogP contribution in [0.1, 0.15) is 43.5 Å². The molecule has 1 N–H and O–H groups in total. The summed E-state index contributed by atoms with van der Waals surface area (Å²) in [4.78, 5) is 10.9. The number of carboxylic acids is 1. The lowest BCUT2D eigenvalue weighted by Gasteiger charge is -2.14. The zero-order chi connectivity index (χ0) is 16.1. The number of unbranched alkanes of at least 4 members (excludes halogenated alkanes) is 1. The van der Waals surface area contributed by atoms with Crippen LogP contribution in [0.3, 0.4) is 0 Å². The fraction of sp³-hybridized carbons (Fsp3) is 0.467. The number of nitrogens with zero attached hydrogens (tertiary/aromatic N) is 1. The van der Waals surface area contributed by atoms with Gasteiger partial charge in [-0.15, -0.1) is 0 Å². The maximum absolute atomic E-state index is 12.2. The molecule has 0 bridgehead atoms. The molecule has 1 aromatic carbocycles. The second-order valence-corrected chi connectivity index (χ2v) is 7.65. The summed E-state index contributed by atoms with van der Waals surface area (Å²) in [6.07, 6.45) is 1.62. The first kappa shape index (κ1) is 17.2. The van der Waals surface area contributed by atoms with Crippen LogP contribution in [0.15, 0.2) is 29.2 Å². The summed E-state index contributed by atoms with van der Waals surface area (Å²) >= 11 is 0. The van der Waals surface area contributed by atoms with Gasteiger partial charge in [0, 0.05) is 0 Å². The molecule has 21 heavy (non-hydrogen) atoms. The minimum absolute atomic E-state index is 0.112. The van der Waals surface area contributed by atoms with Crippen molar-refractivity contribution in [3.63, 3.8) is 0 Å². The fourth-order valence-electron chi connectivity index (χ4n) is 1.94. The minimum atomic E-state index is -3.62. The van der Waals surface area contributed by atoms with Crippen LogP contribution < -0.4 is 0 Å². The summed E-state index contributed by atoms with van der Waals surface area (Å²) in [5, 5.41) is 17.9. The number of hydrogen-bond donors (Lipinski definition) is 1. The molecule has 0 aliphatic carbocycles. The van der Waals surface area contributed by atoms with E-state index < -0.39 is 21.2 Å². The quantitative estimate of drug-likeness (QED) is 0.781. The van der Waals surface area contributed by atoms with Crippen molar-refractivity contribution in [2.75, 3.05) is 5.75 Å². The van der Waals surface area contributed by atoms with Crippen LogP contribution in [0, 0.1) is 16.7 Å². The molecule has 0 aromatic heterocycles. The third-order valence-electron chi connectivity index (χ3n) is 3.22. The number of aromatic carboxylic acids is 1. The number of carboxylic acid groups (broad SMARTS) is 1. The van der Waals surface area contributed by atoms with E-state index >= 15 is 0 Å². The third kappa shape index (κ3) is 4.87. The Bertz CT molecular complexity index is 656. The monoisotopic (exact) mass is 309 g/mol. The largest absolute Gasteiger partial charge is 0.478 e. The second-order valence-electron chi connectivity index (χ2n) is 5.57. The number of hydrogen-bond acceptors (Lipinski definition) is 4. The predicted octanol–water partition coefficient (Wildman–Crippen LogP) is 2.88. The minimum Gasteiger partial charge on any atom is -0.478 e. The molecule has 0 spiro atoms. The average molecular weight is 309 g/mol. The number of benzene rings is 1. The van der Waals surface area contributed by atoms with E-state index in [-0.39, 0.29) is 16.2 Å². The maximum atomic E-state index is 12.2. The Morgan fingerprint density at radius 2 is 1.90 bits per heavy atom. The summed E-state index contributed by atoms with van der Waals surface area (Å²) in [5.74, 6) is -1.36.